The highest BCUT2D eigenvalue weighted by Crippen LogP contribution is 2.36. The van der Waals surface area contributed by atoms with E-state index >= 15 is 0 Å². The quantitative estimate of drug-likeness (QED) is 0.311. The van der Waals surface area contributed by atoms with Crippen LogP contribution in [0, 0.1) is 12.7 Å². The van der Waals surface area contributed by atoms with E-state index in [0.717, 1.165) is 17.7 Å². The molecule has 0 radical (unpaired) electrons. The Kier molecular flexibility index (Phi) is 5.08. The molecule has 0 aliphatic heterocycles. The molecule has 32 heavy (non-hydrogen) atoms. The number of benzene rings is 3. The van der Waals surface area contributed by atoms with Gasteiger partial charge in [0.2, 0.25) is 0 Å². The number of rotatable bonds is 4. The summed E-state index contributed by atoms with van der Waals surface area (Å²) in [4.78, 5) is 24.3. The standard InChI is InChI=1S/C24H15F4NO3/c1-13-4-2-5-16-17(22(30)20-18(24(26,27)28)6-3-7-19(20)25)12-29(21(13)16)15-10-8-14(9-11-15)23(31)32/h2-12H,1H3,(H,31,32). The molecule has 0 saturated heterocycles. The van der Waals surface area contributed by atoms with Crippen LogP contribution in [0.1, 0.15) is 37.4 Å². The molecule has 0 unspecified atom stereocenters. The largest absolute Gasteiger partial charge is 0.478 e. The number of fused-ring (bicyclic) bond motifs is 1. The molecule has 4 nitrogen and oxygen atoms in total. The second kappa shape index (κ2) is 7.64. The lowest BCUT2D eigenvalue weighted by Crippen LogP contribution is -2.15. The van der Waals surface area contributed by atoms with Crippen molar-refractivity contribution in [1.29, 1.82) is 0 Å². The van der Waals surface area contributed by atoms with Crippen molar-refractivity contribution >= 4 is 22.7 Å². The van der Waals surface area contributed by atoms with E-state index in [4.69, 9.17) is 5.11 Å². The van der Waals surface area contributed by atoms with Crippen molar-refractivity contribution in [3.63, 3.8) is 0 Å². The predicted molar refractivity (Wildman–Crippen MR) is 110 cm³/mol. The lowest BCUT2D eigenvalue weighted by molar-refractivity contribution is -0.138. The van der Waals surface area contributed by atoms with Gasteiger partial charge >= 0.3 is 12.1 Å². The molecule has 0 spiro atoms. The van der Waals surface area contributed by atoms with Gasteiger partial charge in [0.05, 0.1) is 22.2 Å². The Morgan fingerprint density at radius 1 is 0.938 bits per heavy atom. The Morgan fingerprint density at radius 3 is 2.22 bits per heavy atom. The summed E-state index contributed by atoms with van der Waals surface area (Å²) in [7, 11) is 0. The Hall–Kier alpha value is -3.94. The van der Waals surface area contributed by atoms with Crippen molar-refractivity contribution < 1.29 is 32.3 Å². The second-order valence-corrected chi connectivity index (χ2v) is 7.23. The van der Waals surface area contributed by atoms with Crippen LogP contribution >= 0.6 is 0 Å². The van der Waals surface area contributed by atoms with Crippen LogP contribution < -0.4 is 0 Å². The van der Waals surface area contributed by atoms with E-state index in [2.05, 4.69) is 0 Å². The minimum atomic E-state index is -4.91. The lowest BCUT2D eigenvalue weighted by Gasteiger charge is -2.12. The third kappa shape index (κ3) is 3.53. The summed E-state index contributed by atoms with van der Waals surface area (Å²) >= 11 is 0. The van der Waals surface area contributed by atoms with Gasteiger partial charge in [-0.1, -0.05) is 24.3 Å². The summed E-state index contributed by atoms with van der Waals surface area (Å²) in [6, 6.07) is 13.2. The van der Waals surface area contributed by atoms with Gasteiger partial charge in [0, 0.05) is 22.8 Å². The number of carbonyl (C=O) groups excluding carboxylic acids is 1. The third-order valence-electron chi connectivity index (χ3n) is 5.21. The number of para-hydroxylation sites is 1. The highest BCUT2D eigenvalue weighted by molar-refractivity contribution is 6.17. The number of carboxylic acid groups (broad SMARTS) is 1. The number of aromatic carboxylic acids is 1. The summed E-state index contributed by atoms with van der Waals surface area (Å²) in [6.07, 6.45) is -3.56. The number of aryl methyl sites for hydroxylation is 1. The Balaban J connectivity index is 1.96. The number of carboxylic acids is 1. The first-order chi connectivity index (χ1) is 15.1. The molecule has 0 bridgehead atoms. The van der Waals surface area contributed by atoms with E-state index in [1.165, 1.54) is 30.5 Å². The number of hydrogen-bond acceptors (Lipinski definition) is 2. The highest BCUT2D eigenvalue weighted by atomic mass is 19.4. The van der Waals surface area contributed by atoms with Gasteiger partial charge in [-0.2, -0.15) is 13.2 Å². The van der Waals surface area contributed by atoms with Gasteiger partial charge in [-0.05, 0) is 48.9 Å². The Morgan fingerprint density at radius 2 is 1.59 bits per heavy atom. The monoisotopic (exact) mass is 441 g/mol. The number of aromatic nitrogens is 1. The molecule has 3 aromatic carbocycles. The van der Waals surface area contributed by atoms with Crippen LogP contribution in [-0.4, -0.2) is 21.4 Å². The van der Waals surface area contributed by atoms with Crippen molar-refractivity contribution in [3.05, 3.63) is 100 Å². The molecule has 0 fully saturated rings. The molecule has 162 valence electrons. The van der Waals surface area contributed by atoms with Gasteiger partial charge in [0.1, 0.15) is 5.82 Å². The number of ketones is 1. The number of nitrogens with zero attached hydrogens (tertiary/aromatic N) is 1. The minimum Gasteiger partial charge on any atom is -0.478 e. The van der Waals surface area contributed by atoms with Crippen LogP contribution in [0.2, 0.25) is 0 Å². The minimum absolute atomic E-state index is 0.0550. The van der Waals surface area contributed by atoms with E-state index in [0.29, 0.717) is 22.7 Å². The topological polar surface area (TPSA) is 59.3 Å². The summed E-state index contributed by atoms with van der Waals surface area (Å²) in [5, 5.41) is 9.46. The normalized spacial score (nSPS) is 11.7. The van der Waals surface area contributed by atoms with E-state index in [9.17, 15) is 27.2 Å². The predicted octanol–water partition coefficient (Wildman–Crippen LogP) is 6.03. The van der Waals surface area contributed by atoms with Crippen LogP contribution in [-0.2, 0) is 6.18 Å². The molecule has 4 aromatic rings. The van der Waals surface area contributed by atoms with E-state index in [1.54, 1.807) is 29.7 Å². The van der Waals surface area contributed by atoms with Gasteiger partial charge in [0.15, 0.2) is 5.78 Å². The van der Waals surface area contributed by atoms with Crippen LogP contribution in [0.15, 0.2) is 66.9 Å². The second-order valence-electron chi connectivity index (χ2n) is 7.23. The average molecular weight is 441 g/mol. The van der Waals surface area contributed by atoms with Crippen molar-refractivity contribution in [3.8, 4) is 5.69 Å². The molecular formula is C24H15F4NO3. The Labute approximate surface area is 179 Å². The van der Waals surface area contributed by atoms with Crippen molar-refractivity contribution in [2.45, 2.75) is 13.1 Å². The fourth-order valence-corrected chi connectivity index (χ4v) is 3.73. The molecule has 0 amide bonds. The van der Waals surface area contributed by atoms with Gasteiger partial charge in [-0.25, -0.2) is 9.18 Å². The molecule has 8 heteroatoms. The first-order valence-electron chi connectivity index (χ1n) is 9.44. The lowest BCUT2D eigenvalue weighted by atomic mass is 9.96. The van der Waals surface area contributed by atoms with Crippen LogP contribution in [0.25, 0.3) is 16.6 Å². The summed E-state index contributed by atoms with van der Waals surface area (Å²) < 4.78 is 56.5. The number of hydrogen-bond donors (Lipinski definition) is 1. The summed E-state index contributed by atoms with van der Waals surface area (Å²) in [5.74, 6) is -3.46. The third-order valence-corrected chi connectivity index (χ3v) is 5.21. The molecule has 4 rings (SSSR count). The van der Waals surface area contributed by atoms with E-state index < -0.39 is 34.9 Å². The van der Waals surface area contributed by atoms with Crippen LogP contribution in [0.5, 0.6) is 0 Å². The number of carbonyl (C=O) groups is 2. The number of alkyl halides is 3. The first kappa shape index (κ1) is 21.3. The van der Waals surface area contributed by atoms with Gasteiger partial charge < -0.3 is 9.67 Å². The van der Waals surface area contributed by atoms with E-state index in [1.807, 2.05) is 0 Å². The first-order valence-corrected chi connectivity index (χ1v) is 9.44. The fourth-order valence-electron chi connectivity index (χ4n) is 3.73. The number of halogens is 4. The molecule has 0 aliphatic carbocycles. The molecular weight excluding hydrogens is 426 g/mol. The molecule has 0 atom stereocenters. The van der Waals surface area contributed by atoms with E-state index in [-0.39, 0.29) is 11.1 Å². The molecule has 1 heterocycles. The maximum Gasteiger partial charge on any atom is 0.417 e. The van der Waals surface area contributed by atoms with Gasteiger partial charge in [0.25, 0.3) is 0 Å². The zero-order valence-electron chi connectivity index (χ0n) is 16.6. The highest BCUT2D eigenvalue weighted by Gasteiger charge is 2.37. The fraction of sp³-hybridized carbons (Fsp3) is 0.0833. The van der Waals surface area contributed by atoms with Crippen molar-refractivity contribution in [1.82, 2.24) is 4.57 Å². The van der Waals surface area contributed by atoms with Crippen molar-refractivity contribution in [2.75, 3.05) is 0 Å². The molecule has 0 saturated carbocycles. The summed E-state index contributed by atoms with van der Waals surface area (Å²) in [6.45, 7) is 1.77. The Bertz CT molecular complexity index is 1370. The zero-order chi connectivity index (χ0) is 23.2. The molecule has 1 N–H and O–H groups in total. The van der Waals surface area contributed by atoms with Gasteiger partial charge in [-0.15, -0.1) is 0 Å². The molecule has 0 aliphatic rings. The maximum absolute atomic E-state index is 14.5. The smallest absolute Gasteiger partial charge is 0.417 e. The SMILES string of the molecule is Cc1cccc2c(C(=O)c3c(F)cccc3C(F)(F)F)cn(-c3ccc(C(=O)O)cc3)c12. The zero-order valence-corrected chi connectivity index (χ0v) is 16.6. The summed E-state index contributed by atoms with van der Waals surface area (Å²) in [5.41, 5.74) is -0.653. The van der Waals surface area contributed by atoms with Crippen molar-refractivity contribution in [2.24, 2.45) is 0 Å². The van der Waals surface area contributed by atoms with Gasteiger partial charge in [-0.3, -0.25) is 4.79 Å². The van der Waals surface area contributed by atoms with Crippen LogP contribution in [0.4, 0.5) is 17.6 Å². The maximum atomic E-state index is 14.5. The average Bonchev–Trinajstić information content (AvgIpc) is 3.13. The molecule has 1 aromatic heterocycles. The van der Waals surface area contributed by atoms with Crippen LogP contribution in [0.3, 0.4) is 0 Å².